The summed E-state index contributed by atoms with van der Waals surface area (Å²) in [5.74, 6) is -0.228. The van der Waals surface area contributed by atoms with E-state index in [1.165, 1.54) is 18.4 Å². The van der Waals surface area contributed by atoms with Crippen molar-refractivity contribution in [3.05, 3.63) is 17.0 Å². The number of aryl methyl sites for hydroxylation is 1. The average molecular weight is 308 g/mol. The number of ether oxygens (including phenoxy) is 1. The van der Waals surface area contributed by atoms with Gasteiger partial charge in [0.25, 0.3) is 0 Å². The highest BCUT2D eigenvalue weighted by molar-refractivity contribution is 5.69. The minimum absolute atomic E-state index is 0.195. The first-order valence-corrected chi connectivity index (χ1v) is 8.14. The number of nitrogens with zero attached hydrogens (tertiary/aromatic N) is 3. The lowest BCUT2D eigenvalue weighted by atomic mass is 10.1. The summed E-state index contributed by atoms with van der Waals surface area (Å²) in [6.07, 6.45) is 2.50. The Morgan fingerprint density at radius 2 is 2.23 bits per heavy atom. The van der Waals surface area contributed by atoms with Crippen LogP contribution in [0.25, 0.3) is 0 Å². The third-order valence-corrected chi connectivity index (χ3v) is 4.42. The lowest BCUT2D eigenvalue weighted by Crippen LogP contribution is -2.36. The number of carbonyl (C=O) groups excluding carboxylic acids is 1. The molecule has 1 atom stereocenters. The van der Waals surface area contributed by atoms with E-state index in [1.807, 2.05) is 27.8 Å². The molecule has 6 heteroatoms. The normalized spacial score (nSPS) is 18.8. The fraction of sp³-hybridized carbons (Fsp3) is 0.750. The first-order chi connectivity index (χ1) is 10.6. The molecule has 0 aromatic carbocycles. The second-order valence-corrected chi connectivity index (χ2v) is 5.94. The monoisotopic (exact) mass is 308 g/mol. The van der Waals surface area contributed by atoms with Crippen LogP contribution in [0.4, 0.5) is 0 Å². The molecule has 0 radical (unpaired) electrons. The molecule has 0 aliphatic carbocycles. The number of hydrogen-bond donors (Lipinski definition) is 1. The Morgan fingerprint density at radius 1 is 1.45 bits per heavy atom. The molecule has 2 rings (SSSR count). The number of hydrogen-bond acceptors (Lipinski definition) is 5. The number of nitrogens with one attached hydrogen (secondary N) is 1. The van der Waals surface area contributed by atoms with Crippen LogP contribution >= 0.6 is 0 Å². The van der Waals surface area contributed by atoms with Gasteiger partial charge >= 0.3 is 5.97 Å². The van der Waals surface area contributed by atoms with Gasteiger partial charge in [-0.1, -0.05) is 0 Å². The Morgan fingerprint density at radius 3 is 2.91 bits per heavy atom. The van der Waals surface area contributed by atoms with E-state index in [4.69, 9.17) is 4.74 Å². The van der Waals surface area contributed by atoms with Crippen LogP contribution in [0.15, 0.2) is 0 Å². The van der Waals surface area contributed by atoms with Gasteiger partial charge in [0.15, 0.2) is 0 Å². The van der Waals surface area contributed by atoms with Crippen molar-refractivity contribution in [3.8, 4) is 0 Å². The predicted molar refractivity (Wildman–Crippen MR) is 85.7 cm³/mol. The van der Waals surface area contributed by atoms with Crippen molar-refractivity contribution >= 4 is 5.97 Å². The maximum absolute atomic E-state index is 11.7. The summed E-state index contributed by atoms with van der Waals surface area (Å²) in [7, 11) is 2.00. The van der Waals surface area contributed by atoms with Crippen LogP contribution in [-0.4, -0.2) is 53.4 Å². The molecule has 1 aliphatic heterocycles. The highest BCUT2D eigenvalue weighted by Gasteiger charge is 2.26. The summed E-state index contributed by atoms with van der Waals surface area (Å²) in [5.41, 5.74) is 3.32. The van der Waals surface area contributed by atoms with Gasteiger partial charge in [-0.25, -0.2) is 0 Å². The zero-order valence-corrected chi connectivity index (χ0v) is 14.2. The van der Waals surface area contributed by atoms with Crippen LogP contribution in [0, 0.1) is 13.8 Å². The Kier molecular flexibility index (Phi) is 5.97. The summed E-state index contributed by atoms with van der Waals surface area (Å²) < 4.78 is 6.78. The lowest BCUT2D eigenvalue weighted by molar-refractivity contribution is -0.144. The number of likely N-dealkylation sites (N-methyl/N-ethyl adjacent to an activating group) is 1. The van der Waals surface area contributed by atoms with Crippen molar-refractivity contribution < 1.29 is 9.53 Å². The van der Waals surface area contributed by atoms with Crippen molar-refractivity contribution in [2.24, 2.45) is 0 Å². The van der Waals surface area contributed by atoms with Gasteiger partial charge in [-0.05, 0) is 47.2 Å². The summed E-state index contributed by atoms with van der Waals surface area (Å²) in [4.78, 5) is 14.2. The van der Waals surface area contributed by atoms with Gasteiger partial charge in [0.1, 0.15) is 6.54 Å². The van der Waals surface area contributed by atoms with Crippen LogP contribution in [0.3, 0.4) is 0 Å². The van der Waals surface area contributed by atoms with Crippen LogP contribution < -0.4 is 5.32 Å². The number of rotatable bonds is 7. The molecule has 0 saturated carbocycles. The highest BCUT2D eigenvalue weighted by atomic mass is 16.5. The topological polar surface area (TPSA) is 59.4 Å². The second-order valence-electron chi connectivity index (χ2n) is 5.94. The Bertz CT molecular complexity index is 512. The minimum Gasteiger partial charge on any atom is -0.465 e. The van der Waals surface area contributed by atoms with Gasteiger partial charge in [0, 0.05) is 30.4 Å². The molecule has 124 valence electrons. The quantitative estimate of drug-likeness (QED) is 0.768. The summed E-state index contributed by atoms with van der Waals surface area (Å²) >= 11 is 0. The van der Waals surface area contributed by atoms with Gasteiger partial charge in [0.2, 0.25) is 0 Å². The van der Waals surface area contributed by atoms with Gasteiger partial charge in [-0.15, -0.1) is 0 Å². The van der Waals surface area contributed by atoms with E-state index in [1.54, 1.807) is 4.68 Å². The third-order valence-electron chi connectivity index (χ3n) is 4.42. The lowest BCUT2D eigenvalue weighted by Gasteiger charge is -2.24. The SMILES string of the molecule is CCOC(=O)Cn1nc(C)c(CN2CCCC2CNC)c1C. The molecule has 1 unspecified atom stereocenters. The van der Waals surface area contributed by atoms with Gasteiger partial charge in [0.05, 0.1) is 12.3 Å². The van der Waals surface area contributed by atoms with E-state index in [0.29, 0.717) is 12.6 Å². The zero-order chi connectivity index (χ0) is 16.1. The first-order valence-electron chi connectivity index (χ1n) is 8.14. The molecular weight excluding hydrogens is 280 g/mol. The molecule has 2 heterocycles. The molecule has 0 amide bonds. The largest absolute Gasteiger partial charge is 0.465 e. The van der Waals surface area contributed by atoms with Crippen molar-refractivity contribution in [1.29, 1.82) is 0 Å². The van der Waals surface area contributed by atoms with E-state index in [0.717, 1.165) is 31.0 Å². The van der Waals surface area contributed by atoms with E-state index in [-0.39, 0.29) is 12.5 Å². The number of likely N-dealkylation sites (tertiary alicyclic amines) is 1. The van der Waals surface area contributed by atoms with Crippen LogP contribution in [0.1, 0.15) is 36.7 Å². The Labute approximate surface area is 132 Å². The van der Waals surface area contributed by atoms with Crippen LogP contribution in [-0.2, 0) is 22.6 Å². The van der Waals surface area contributed by atoms with Crippen LogP contribution in [0.5, 0.6) is 0 Å². The standard InChI is InChI=1S/C16H28N4O2/c1-5-22-16(21)11-20-13(3)15(12(2)18-20)10-19-8-6-7-14(19)9-17-4/h14,17H,5-11H2,1-4H3. The van der Waals surface area contributed by atoms with Crippen LogP contribution in [0.2, 0.25) is 0 Å². The highest BCUT2D eigenvalue weighted by Crippen LogP contribution is 2.23. The summed E-state index contributed by atoms with van der Waals surface area (Å²) in [5, 5.41) is 7.80. The minimum atomic E-state index is -0.228. The maximum Gasteiger partial charge on any atom is 0.327 e. The predicted octanol–water partition coefficient (Wildman–Crippen LogP) is 1.25. The average Bonchev–Trinajstić information content (AvgIpc) is 3.00. The van der Waals surface area contributed by atoms with Gasteiger partial charge in [-0.2, -0.15) is 5.10 Å². The molecule has 1 aromatic heterocycles. The van der Waals surface area contributed by atoms with E-state index < -0.39 is 0 Å². The van der Waals surface area contributed by atoms with E-state index in [2.05, 4.69) is 15.3 Å². The summed E-state index contributed by atoms with van der Waals surface area (Å²) in [6.45, 7) is 9.55. The number of carbonyl (C=O) groups is 1. The van der Waals surface area contributed by atoms with Gasteiger partial charge < -0.3 is 10.1 Å². The molecule has 1 fully saturated rings. The maximum atomic E-state index is 11.7. The van der Waals surface area contributed by atoms with Crippen molar-refractivity contribution in [1.82, 2.24) is 20.0 Å². The van der Waals surface area contributed by atoms with E-state index in [9.17, 15) is 4.79 Å². The molecule has 22 heavy (non-hydrogen) atoms. The van der Waals surface area contributed by atoms with Gasteiger partial charge in [-0.3, -0.25) is 14.4 Å². The van der Waals surface area contributed by atoms with Crippen molar-refractivity contribution in [2.45, 2.75) is 52.7 Å². The molecule has 1 aromatic rings. The molecule has 0 spiro atoms. The Hall–Kier alpha value is -1.40. The third kappa shape index (κ3) is 3.87. The van der Waals surface area contributed by atoms with Crippen molar-refractivity contribution in [3.63, 3.8) is 0 Å². The van der Waals surface area contributed by atoms with Crippen molar-refractivity contribution in [2.75, 3.05) is 26.7 Å². The first kappa shape index (κ1) is 17.0. The molecule has 1 saturated heterocycles. The smallest absolute Gasteiger partial charge is 0.327 e. The molecular formula is C16H28N4O2. The number of aromatic nitrogens is 2. The molecule has 1 N–H and O–H groups in total. The summed E-state index contributed by atoms with van der Waals surface area (Å²) in [6, 6.07) is 0.595. The fourth-order valence-electron chi connectivity index (χ4n) is 3.22. The van der Waals surface area contributed by atoms with E-state index >= 15 is 0 Å². The number of esters is 1. The zero-order valence-electron chi connectivity index (χ0n) is 14.2. The molecule has 1 aliphatic rings. The second kappa shape index (κ2) is 7.74. The Balaban J connectivity index is 2.08. The molecule has 6 nitrogen and oxygen atoms in total. The fourth-order valence-corrected chi connectivity index (χ4v) is 3.22. The molecule has 0 bridgehead atoms.